The molecule has 3 N–H and O–H groups in total. The van der Waals surface area contributed by atoms with Crippen LogP contribution in [0.4, 0.5) is 5.00 Å². The quantitative estimate of drug-likeness (QED) is 0.654. The number of primary amides is 1. The van der Waals surface area contributed by atoms with Crippen LogP contribution in [0, 0.1) is 0 Å². The zero-order valence-electron chi connectivity index (χ0n) is 16.3. The van der Waals surface area contributed by atoms with Crippen LogP contribution >= 0.6 is 35.5 Å². The van der Waals surface area contributed by atoms with E-state index >= 15 is 0 Å². The maximum atomic E-state index is 12.7. The van der Waals surface area contributed by atoms with Gasteiger partial charge in [0, 0.05) is 34.5 Å². The third-order valence-corrected chi connectivity index (χ3v) is 6.74. The average molecular weight is 440 g/mol. The van der Waals surface area contributed by atoms with Crippen molar-refractivity contribution >= 4 is 52.3 Å². The van der Waals surface area contributed by atoms with E-state index in [2.05, 4.69) is 31.0 Å². The van der Waals surface area contributed by atoms with E-state index in [1.807, 2.05) is 24.3 Å². The minimum absolute atomic E-state index is 0. The van der Waals surface area contributed by atoms with E-state index in [-0.39, 0.29) is 18.3 Å². The monoisotopic (exact) mass is 439 g/mol. The van der Waals surface area contributed by atoms with Crippen LogP contribution < -0.4 is 11.1 Å². The Morgan fingerprint density at radius 2 is 1.96 bits per heavy atom. The predicted octanol–water partition coefficient (Wildman–Crippen LogP) is 4.40. The maximum absolute atomic E-state index is 12.7. The predicted molar refractivity (Wildman–Crippen MR) is 120 cm³/mol. The van der Waals surface area contributed by atoms with Crippen molar-refractivity contribution in [3.8, 4) is 0 Å². The first-order chi connectivity index (χ1) is 12.9. The molecule has 0 fully saturated rings. The maximum Gasteiger partial charge on any atom is 0.256 e. The molecule has 0 radical (unpaired) electrons. The Morgan fingerprint density at radius 3 is 2.54 bits per heavy atom. The lowest BCUT2D eigenvalue weighted by molar-refractivity contribution is 0.0999. The molecule has 1 aliphatic heterocycles. The van der Waals surface area contributed by atoms with Crippen LogP contribution in [0.5, 0.6) is 0 Å². The van der Waals surface area contributed by atoms with E-state index in [0.717, 1.165) is 40.6 Å². The number of rotatable bonds is 6. The van der Waals surface area contributed by atoms with Crippen molar-refractivity contribution in [1.82, 2.24) is 4.90 Å². The highest BCUT2D eigenvalue weighted by Gasteiger charge is 2.28. The molecule has 2 aromatic rings. The fourth-order valence-corrected chi connectivity index (χ4v) is 5.19. The summed E-state index contributed by atoms with van der Waals surface area (Å²) in [5.41, 5.74) is 7.69. The molecule has 0 atom stereocenters. The topological polar surface area (TPSA) is 75.4 Å². The number of thioether (sulfide) groups is 1. The van der Waals surface area contributed by atoms with Crippen molar-refractivity contribution in [2.45, 2.75) is 44.7 Å². The largest absolute Gasteiger partial charge is 0.365 e. The van der Waals surface area contributed by atoms with Crippen molar-refractivity contribution in [3.05, 3.63) is 45.8 Å². The van der Waals surface area contributed by atoms with Crippen molar-refractivity contribution in [1.29, 1.82) is 0 Å². The van der Waals surface area contributed by atoms with E-state index in [9.17, 15) is 9.59 Å². The van der Waals surface area contributed by atoms with Gasteiger partial charge in [-0.05, 0) is 55.9 Å². The highest BCUT2D eigenvalue weighted by Crippen LogP contribution is 2.37. The molecule has 0 saturated carbocycles. The van der Waals surface area contributed by atoms with Crippen molar-refractivity contribution in [2.24, 2.45) is 5.73 Å². The second-order valence-corrected chi connectivity index (χ2v) is 9.24. The van der Waals surface area contributed by atoms with Gasteiger partial charge in [-0.1, -0.05) is 6.92 Å². The SMILES string of the molecule is CCSc1ccc(C(=O)Nc2sc3c(c2C(N)=O)CCN(C(C)C)C3)cc1.Cl. The van der Waals surface area contributed by atoms with Gasteiger partial charge in [0.15, 0.2) is 0 Å². The Bertz CT molecular complexity index is 850. The van der Waals surface area contributed by atoms with Crippen molar-refractivity contribution < 1.29 is 9.59 Å². The highest BCUT2D eigenvalue weighted by atomic mass is 35.5. The first kappa shape index (κ1) is 22.7. The Labute approximate surface area is 180 Å². The summed E-state index contributed by atoms with van der Waals surface area (Å²) in [6.45, 7) is 8.10. The third-order valence-electron chi connectivity index (χ3n) is 4.72. The molecule has 2 heterocycles. The molecule has 0 spiro atoms. The first-order valence-electron chi connectivity index (χ1n) is 9.13. The fraction of sp³-hybridized carbons (Fsp3) is 0.400. The number of anilines is 1. The molecule has 8 heteroatoms. The second kappa shape index (κ2) is 9.78. The van der Waals surface area contributed by atoms with Gasteiger partial charge >= 0.3 is 0 Å². The van der Waals surface area contributed by atoms with Crippen LogP contribution in [0.2, 0.25) is 0 Å². The summed E-state index contributed by atoms with van der Waals surface area (Å²) < 4.78 is 0. The zero-order valence-corrected chi connectivity index (χ0v) is 18.7. The summed E-state index contributed by atoms with van der Waals surface area (Å²) in [6, 6.07) is 7.95. The summed E-state index contributed by atoms with van der Waals surface area (Å²) in [7, 11) is 0. The zero-order chi connectivity index (χ0) is 19.6. The lowest BCUT2D eigenvalue weighted by atomic mass is 10.0. The fourth-order valence-electron chi connectivity index (χ4n) is 3.26. The van der Waals surface area contributed by atoms with E-state index in [0.29, 0.717) is 22.2 Å². The minimum Gasteiger partial charge on any atom is -0.365 e. The van der Waals surface area contributed by atoms with Gasteiger partial charge in [-0.25, -0.2) is 0 Å². The molecule has 5 nitrogen and oxygen atoms in total. The summed E-state index contributed by atoms with van der Waals surface area (Å²) in [4.78, 5) is 29.3. The third kappa shape index (κ3) is 4.89. The molecule has 0 unspecified atom stereocenters. The minimum atomic E-state index is -0.476. The van der Waals surface area contributed by atoms with E-state index in [1.54, 1.807) is 11.8 Å². The number of nitrogens with one attached hydrogen (secondary N) is 1. The van der Waals surface area contributed by atoms with Crippen LogP contribution in [-0.2, 0) is 13.0 Å². The van der Waals surface area contributed by atoms with Crippen LogP contribution in [0.1, 0.15) is 51.9 Å². The van der Waals surface area contributed by atoms with Gasteiger partial charge in [0.25, 0.3) is 11.8 Å². The summed E-state index contributed by atoms with van der Waals surface area (Å²) in [5, 5.41) is 3.48. The Balaban J connectivity index is 0.00000280. The molecule has 1 aliphatic rings. The molecular weight excluding hydrogens is 414 g/mol. The Hall–Kier alpha value is -1.54. The normalized spacial score (nSPS) is 13.7. The van der Waals surface area contributed by atoms with Crippen LogP contribution in [0.25, 0.3) is 0 Å². The molecular formula is C20H26ClN3O2S2. The number of nitrogens with two attached hydrogens (primary N) is 1. The molecule has 28 heavy (non-hydrogen) atoms. The molecule has 3 rings (SSSR count). The number of benzene rings is 1. The van der Waals surface area contributed by atoms with Crippen LogP contribution in [0.3, 0.4) is 0 Å². The van der Waals surface area contributed by atoms with Gasteiger partial charge in [-0.15, -0.1) is 35.5 Å². The lowest BCUT2D eigenvalue weighted by Gasteiger charge is -2.30. The Kier molecular flexibility index (Phi) is 7.95. The molecule has 2 amide bonds. The standard InChI is InChI=1S/C20H25N3O2S2.ClH/c1-4-26-14-7-5-13(6-8-14)19(25)22-20-17(18(21)24)15-9-10-23(12(2)3)11-16(15)27-20;/h5-8,12H,4,9-11H2,1-3H3,(H2,21,24)(H,22,25);1H. The molecule has 0 aliphatic carbocycles. The number of halogens is 1. The van der Waals surface area contributed by atoms with Gasteiger partial charge in [-0.3, -0.25) is 14.5 Å². The lowest BCUT2D eigenvalue weighted by Crippen LogP contribution is -2.35. The van der Waals surface area contributed by atoms with Crippen LogP contribution in [0.15, 0.2) is 29.2 Å². The number of nitrogens with zero attached hydrogens (tertiary/aromatic N) is 1. The van der Waals surface area contributed by atoms with Crippen LogP contribution in [-0.4, -0.2) is 35.1 Å². The number of thiophene rings is 1. The van der Waals surface area contributed by atoms with E-state index in [1.165, 1.54) is 11.3 Å². The van der Waals surface area contributed by atoms with Gasteiger partial charge in [0.1, 0.15) is 5.00 Å². The Morgan fingerprint density at radius 1 is 1.29 bits per heavy atom. The van der Waals surface area contributed by atoms with E-state index in [4.69, 9.17) is 5.73 Å². The summed E-state index contributed by atoms with van der Waals surface area (Å²) in [6.07, 6.45) is 0.779. The van der Waals surface area contributed by atoms with Gasteiger partial charge in [-0.2, -0.15) is 0 Å². The van der Waals surface area contributed by atoms with Gasteiger partial charge in [0.2, 0.25) is 0 Å². The molecule has 0 bridgehead atoms. The highest BCUT2D eigenvalue weighted by molar-refractivity contribution is 7.99. The molecule has 0 saturated heterocycles. The van der Waals surface area contributed by atoms with Gasteiger partial charge in [0.05, 0.1) is 5.56 Å². The number of hydrogen-bond acceptors (Lipinski definition) is 5. The molecule has 1 aromatic carbocycles. The van der Waals surface area contributed by atoms with E-state index < -0.39 is 5.91 Å². The molecule has 152 valence electrons. The number of hydrogen-bond donors (Lipinski definition) is 2. The average Bonchev–Trinajstić information content (AvgIpc) is 2.99. The summed E-state index contributed by atoms with van der Waals surface area (Å²) in [5.74, 6) is 0.294. The number of carbonyl (C=O) groups excluding carboxylic acids is 2. The molecule has 1 aromatic heterocycles. The number of carbonyl (C=O) groups is 2. The van der Waals surface area contributed by atoms with Crippen molar-refractivity contribution in [2.75, 3.05) is 17.6 Å². The van der Waals surface area contributed by atoms with Gasteiger partial charge < -0.3 is 11.1 Å². The van der Waals surface area contributed by atoms with Crippen molar-refractivity contribution in [3.63, 3.8) is 0 Å². The summed E-state index contributed by atoms with van der Waals surface area (Å²) >= 11 is 3.20. The smallest absolute Gasteiger partial charge is 0.256 e. The number of amides is 2. The first-order valence-corrected chi connectivity index (χ1v) is 10.9. The second-order valence-electron chi connectivity index (χ2n) is 6.80. The number of fused-ring (bicyclic) bond motifs is 1.